The molecule has 0 amide bonds. The van der Waals surface area contributed by atoms with Gasteiger partial charge >= 0.3 is 0 Å². The highest BCUT2D eigenvalue weighted by atomic mass is 15.3. The van der Waals surface area contributed by atoms with Gasteiger partial charge in [0.2, 0.25) is 0 Å². The van der Waals surface area contributed by atoms with E-state index >= 15 is 0 Å². The van der Waals surface area contributed by atoms with E-state index in [1.54, 1.807) is 12.4 Å². The fraction of sp³-hybridized carbons (Fsp3) is 0.300. The summed E-state index contributed by atoms with van der Waals surface area (Å²) in [6.07, 6.45) is 3.53. The van der Waals surface area contributed by atoms with Crippen LogP contribution in [-0.2, 0) is 13.6 Å². The molecular weight excluding hydrogens is 190 g/mol. The molecule has 0 fully saturated rings. The molecule has 0 aromatic carbocycles. The van der Waals surface area contributed by atoms with E-state index in [9.17, 15) is 0 Å². The highest BCUT2D eigenvalue weighted by Crippen LogP contribution is 2.14. The summed E-state index contributed by atoms with van der Waals surface area (Å²) in [6.45, 7) is 0.712. The Labute approximate surface area is 88.2 Å². The van der Waals surface area contributed by atoms with Crippen LogP contribution in [0.15, 0.2) is 24.5 Å². The van der Waals surface area contributed by atoms with Crippen molar-refractivity contribution in [3.05, 3.63) is 30.4 Å². The highest BCUT2D eigenvalue weighted by molar-refractivity contribution is 5.53. The van der Waals surface area contributed by atoms with E-state index in [0.717, 1.165) is 17.2 Å². The molecule has 5 heteroatoms. The van der Waals surface area contributed by atoms with Crippen LogP contribution in [-0.4, -0.2) is 26.8 Å². The summed E-state index contributed by atoms with van der Waals surface area (Å²) in [7, 11) is 3.84. The zero-order valence-corrected chi connectivity index (χ0v) is 8.81. The first kappa shape index (κ1) is 9.79. The molecule has 0 aliphatic rings. The number of pyridine rings is 1. The van der Waals surface area contributed by atoms with Crippen molar-refractivity contribution < 1.29 is 0 Å². The molecule has 2 aromatic rings. The van der Waals surface area contributed by atoms with Crippen LogP contribution in [0.1, 0.15) is 5.82 Å². The topological polar surface area (TPSA) is 55.6 Å². The maximum absolute atomic E-state index is 4.14. The third-order valence-electron chi connectivity index (χ3n) is 2.22. The van der Waals surface area contributed by atoms with Gasteiger partial charge in [-0.25, -0.2) is 0 Å². The number of hydrogen-bond acceptors (Lipinski definition) is 4. The van der Waals surface area contributed by atoms with Gasteiger partial charge in [0, 0.05) is 25.0 Å². The van der Waals surface area contributed by atoms with Crippen molar-refractivity contribution in [2.45, 2.75) is 6.54 Å². The Balaban J connectivity index is 2.38. The Hall–Kier alpha value is -1.75. The van der Waals surface area contributed by atoms with Gasteiger partial charge in [-0.15, -0.1) is 10.2 Å². The average Bonchev–Trinajstić information content (AvgIpc) is 2.63. The molecular formula is C10H13N5. The summed E-state index contributed by atoms with van der Waals surface area (Å²) in [6, 6.07) is 3.86. The minimum atomic E-state index is 0.712. The molecule has 0 saturated carbocycles. The minimum absolute atomic E-state index is 0.712. The van der Waals surface area contributed by atoms with Crippen LogP contribution in [0.25, 0.3) is 11.4 Å². The first-order valence-corrected chi connectivity index (χ1v) is 4.76. The third-order valence-corrected chi connectivity index (χ3v) is 2.22. The van der Waals surface area contributed by atoms with E-state index < -0.39 is 0 Å². The summed E-state index contributed by atoms with van der Waals surface area (Å²) in [5.74, 6) is 1.75. The summed E-state index contributed by atoms with van der Waals surface area (Å²) in [5.41, 5.74) is 0.981. The van der Waals surface area contributed by atoms with Crippen LogP contribution in [0.5, 0.6) is 0 Å². The first-order chi connectivity index (χ1) is 7.33. The molecule has 15 heavy (non-hydrogen) atoms. The number of hydrogen-bond donors (Lipinski definition) is 1. The average molecular weight is 203 g/mol. The SMILES string of the molecule is CNCc1nnc(-c2cccnc2)n1C. The number of nitrogens with one attached hydrogen (secondary N) is 1. The van der Waals surface area contributed by atoms with E-state index in [2.05, 4.69) is 20.5 Å². The molecule has 0 bridgehead atoms. The van der Waals surface area contributed by atoms with Gasteiger partial charge in [0.25, 0.3) is 0 Å². The van der Waals surface area contributed by atoms with Gasteiger partial charge in [0.05, 0.1) is 6.54 Å². The smallest absolute Gasteiger partial charge is 0.165 e. The Bertz CT molecular complexity index is 434. The predicted octanol–water partition coefficient (Wildman–Crippen LogP) is 0.596. The summed E-state index contributed by atoms with van der Waals surface area (Å²) in [4.78, 5) is 4.06. The molecule has 78 valence electrons. The van der Waals surface area contributed by atoms with Gasteiger partial charge in [-0.05, 0) is 19.2 Å². The second-order valence-corrected chi connectivity index (χ2v) is 3.27. The Kier molecular flexibility index (Phi) is 2.73. The molecule has 0 saturated heterocycles. The van der Waals surface area contributed by atoms with Crippen molar-refractivity contribution in [1.29, 1.82) is 0 Å². The van der Waals surface area contributed by atoms with Crippen LogP contribution < -0.4 is 5.32 Å². The van der Waals surface area contributed by atoms with Crippen molar-refractivity contribution in [2.75, 3.05) is 7.05 Å². The minimum Gasteiger partial charge on any atom is -0.313 e. The van der Waals surface area contributed by atoms with Crippen LogP contribution in [0.2, 0.25) is 0 Å². The molecule has 2 heterocycles. The van der Waals surface area contributed by atoms with E-state index in [1.165, 1.54) is 0 Å². The quantitative estimate of drug-likeness (QED) is 0.793. The molecule has 2 rings (SSSR count). The summed E-state index contributed by atoms with van der Waals surface area (Å²) in [5, 5.41) is 11.3. The normalized spacial score (nSPS) is 10.5. The fourth-order valence-corrected chi connectivity index (χ4v) is 1.42. The monoisotopic (exact) mass is 203 g/mol. The standard InChI is InChI=1S/C10H13N5/c1-11-7-9-13-14-10(15(9)2)8-4-3-5-12-6-8/h3-6,11H,7H2,1-2H3. The zero-order valence-electron chi connectivity index (χ0n) is 8.81. The lowest BCUT2D eigenvalue weighted by Gasteiger charge is -2.02. The molecule has 0 radical (unpaired) electrons. The van der Waals surface area contributed by atoms with Crippen LogP contribution in [0, 0.1) is 0 Å². The van der Waals surface area contributed by atoms with Gasteiger partial charge in [-0.1, -0.05) is 0 Å². The van der Waals surface area contributed by atoms with Crippen molar-refractivity contribution >= 4 is 0 Å². The number of rotatable bonds is 3. The number of nitrogens with zero attached hydrogens (tertiary/aromatic N) is 4. The predicted molar refractivity (Wildman–Crippen MR) is 57.0 cm³/mol. The van der Waals surface area contributed by atoms with Gasteiger partial charge in [-0.2, -0.15) is 0 Å². The van der Waals surface area contributed by atoms with Gasteiger partial charge in [0.15, 0.2) is 5.82 Å². The Morgan fingerprint density at radius 2 is 2.27 bits per heavy atom. The van der Waals surface area contributed by atoms with E-state index in [-0.39, 0.29) is 0 Å². The van der Waals surface area contributed by atoms with Crippen molar-refractivity contribution in [2.24, 2.45) is 7.05 Å². The number of aromatic nitrogens is 4. The summed E-state index contributed by atoms with van der Waals surface area (Å²) >= 11 is 0. The first-order valence-electron chi connectivity index (χ1n) is 4.76. The molecule has 0 unspecified atom stereocenters. The van der Waals surface area contributed by atoms with Crippen LogP contribution in [0.4, 0.5) is 0 Å². The van der Waals surface area contributed by atoms with Crippen LogP contribution in [0.3, 0.4) is 0 Å². The maximum atomic E-state index is 4.14. The van der Waals surface area contributed by atoms with Gasteiger partial charge in [-0.3, -0.25) is 4.98 Å². The van der Waals surface area contributed by atoms with Crippen molar-refractivity contribution in [3.63, 3.8) is 0 Å². The van der Waals surface area contributed by atoms with Gasteiger partial charge < -0.3 is 9.88 Å². The lowest BCUT2D eigenvalue weighted by atomic mass is 10.3. The molecule has 0 atom stereocenters. The van der Waals surface area contributed by atoms with Gasteiger partial charge in [0.1, 0.15) is 5.82 Å². The molecule has 5 nitrogen and oxygen atoms in total. The lowest BCUT2D eigenvalue weighted by molar-refractivity contribution is 0.709. The van der Waals surface area contributed by atoms with Crippen molar-refractivity contribution in [3.8, 4) is 11.4 Å². The van der Waals surface area contributed by atoms with Crippen LogP contribution >= 0.6 is 0 Å². The second-order valence-electron chi connectivity index (χ2n) is 3.27. The van der Waals surface area contributed by atoms with E-state index in [0.29, 0.717) is 6.54 Å². The lowest BCUT2D eigenvalue weighted by Crippen LogP contribution is -2.10. The Morgan fingerprint density at radius 1 is 1.40 bits per heavy atom. The molecule has 1 N–H and O–H groups in total. The zero-order chi connectivity index (χ0) is 10.7. The molecule has 0 spiro atoms. The third kappa shape index (κ3) is 1.87. The van der Waals surface area contributed by atoms with Crippen molar-refractivity contribution in [1.82, 2.24) is 25.1 Å². The Morgan fingerprint density at radius 3 is 2.93 bits per heavy atom. The fourth-order valence-electron chi connectivity index (χ4n) is 1.42. The second kappa shape index (κ2) is 4.18. The molecule has 2 aromatic heterocycles. The van der Waals surface area contributed by atoms with E-state index in [1.807, 2.05) is 30.8 Å². The summed E-state index contributed by atoms with van der Waals surface area (Å²) < 4.78 is 1.97. The largest absolute Gasteiger partial charge is 0.313 e. The van der Waals surface area contributed by atoms with E-state index in [4.69, 9.17) is 0 Å². The maximum Gasteiger partial charge on any atom is 0.165 e. The molecule has 0 aliphatic carbocycles. The highest BCUT2D eigenvalue weighted by Gasteiger charge is 2.09. The molecule has 0 aliphatic heterocycles.